The summed E-state index contributed by atoms with van der Waals surface area (Å²) < 4.78 is 28.6. The summed E-state index contributed by atoms with van der Waals surface area (Å²) in [6.45, 7) is -0.388. The van der Waals surface area contributed by atoms with Gasteiger partial charge in [0.15, 0.2) is 0 Å². The topological polar surface area (TPSA) is 75.2 Å². The number of anilines is 1. The van der Waals surface area contributed by atoms with Crippen LogP contribution in [0.4, 0.5) is 14.7 Å². The Balaban J connectivity index is 0.00000210. The van der Waals surface area contributed by atoms with Crippen LogP contribution in [0.25, 0.3) is 0 Å². The van der Waals surface area contributed by atoms with Crippen LogP contribution in [-0.2, 0) is 10.2 Å². The molecule has 1 saturated carbocycles. The molecule has 1 spiro atoms. The number of aromatic nitrogens is 2. The number of halogens is 2. The first-order valence-electron chi connectivity index (χ1n) is 8.01. The summed E-state index contributed by atoms with van der Waals surface area (Å²) in [5.74, 6) is -1.70. The molecule has 1 unspecified atom stereocenters. The second kappa shape index (κ2) is 5.86. The standard InChI is InChI=1S/C17H13BF2N4O2.H2/c18-10-3-2-9-13(14(10)20)17(6-11(17)19)8-24(15(9)26)7-12(25)23-16-21-4-1-5-22-16;/h1-5,11H,6-8H2,(H,21,22,23,25);1H/t11?,17-;/m1./s1. The van der Waals surface area contributed by atoms with Gasteiger partial charge in [-0.3, -0.25) is 14.9 Å². The lowest BCUT2D eigenvalue weighted by molar-refractivity contribution is -0.117. The molecule has 1 aliphatic heterocycles. The number of rotatable bonds is 3. The molecule has 2 aliphatic rings. The number of fused-ring (bicyclic) bond motifs is 2. The number of hydrogen-bond donors (Lipinski definition) is 1. The van der Waals surface area contributed by atoms with Crippen LogP contribution < -0.4 is 10.8 Å². The molecule has 1 aromatic heterocycles. The summed E-state index contributed by atoms with van der Waals surface area (Å²) in [4.78, 5) is 33.8. The number of hydrogen-bond acceptors (Lipinski definition) is 4. The van der Waals surface area contributed by atoms with Crippen LogP contribution in [0.5, 0.6) is 0 Å². The molecule has 1 N–H and O–H groups in total. The van der Waals surface area contributed by atoms with Crippen molar-refractivity contribution in [3.63, 3.8) is 0 Å². The highest BCUT2D eigenvalue weighted by Crippen LogP contribution is 2.55. The Kier molecular flexibility index (Phi) is 3.75. The molecule has 26 heavy (non-hydrogen) atoms. The van der Waals surface area contributed by atoms with E-state index in [-0.39, 0.29) is 43.5 Å². The Morgan fingerprint density at radius 2 is 2.12 bits per heavy atom. The Labute approximate surface area is 150 Å². The van der Waals surface area contributed by atoms with Crippen molar-refractivity contribution in [2.75, 3.05) is 18.4 Å². The van der Waals surface area contributed by atoms with Gasteiger partial charge in [-0.25, -0.2) is 18.7 Å². The van der Waals surface area contributed by atoms with Crippen molar-refractivity contribution >= 4 is 31.1 Å². The SMILES string of the molecule is [B]c1ccc2c(c1F)[C@]1(CC1F)CN(CC(=O)Nc1ncccn1)C2=O.[HH]. The third-order valence-electron chi connectivity index (χ3n) is 4.79. The fourth-order valence-corrected chi connectivity index (χ4v) is 3.43. The molecule has 0 saturated heterocycles. The monoisotopic (exact) mass is 356 g/mol. The van der Waals surface area contributed by atoms with Crippen LogP contribution in [-0.4, -0.2) is 53.8 Å². The average molecular weight is 356 g/mol. The zero-order chi connectivity index (χ0) is 18.5. The average Bonchev–Trinajstić information content (AvgIpc) is 3.25. The van der Waals surface area contributed by atoms with Gasteiger partial charge in [-0.1, -0.05) is 11.5 Å². The predicted molar refractivity (Wildman–Crippen MR) is 91.7 cm³/mol. The lowest BCUT2D eigenvalue weighted by Crippen LogP contribution is -2.48. The molecule has 2 heterocycles. The molecule has 6 nitrogen and oxygen atoms in total. The van der Waals surface area contributed by atoms with Gasteiger partial charge in [0.1, 0.15) is 26.4 Å². The van der Waals surface area contributed by atoms with E-state index in [0.717, 1.165) is 0 Å². The highest BCUT2D eigenvalue weighted by molar-refractivity contribution is 6.32. The molecule has 2 aromatic rings. The molecule has 1 aliphatic carbocycles. The predicted octanol–water partition coefficient (Wildman–Crippen LogP) is 0.730. The molecular weight excluding hydrogens is 341 g/mol. The van der Waals surface area contributed by atoms with E-state index >= 15 is 0 Å². The van der Waals surface area contributed by atoms with Crippen molar-refractivity contribution in [1.82, 2.24) is 14.9 Å². The second-order valence-corrected chi connectivity index (χ2v) is 6.50. The molecule has 2 radical (unpaired) electrons. The zero-order valence-electron chi connectivity index (χ0n) is 13.6. The van der Waals surface area contributed by atoms with E-state index < -0.39 is 29.2 Å². The molecule has 2 amide bonds. The van der Waals surface area contributed by atoms with E-state index in [2.05, 4.69) is 15.3 Å². The van der Waals surface area contributed by atoms with Gasteiger partial charge in [0.25, 0.3) is 5.91 Å². The molecule has 9 heteroatoms. The van der Waals surface area contributed by atoms with E-state index in [9.17, 15) is 18.4 Å². The van der Waals surface area contributed by atoms with Crippen LogP contribution in [0.1, 0.15) is 23.8 Å². The fourth-order valence-electron chi connectivity index (χ4n) is 3.43. The van der Waals surface area contributed by atoms with Crippen LogP contribution in [0.2, 0.25) is 0 Å². The Hall–Kier alpha value is -2.84. The Bertz CT molecular complexity index is 917. The van der Waals surface area contributed by atoms with Gasteiger partial charge in [-0.2, -0.15) is 0 Å². The van der Waals surface area contributed by atoms with Crippen molar-refractivity contribution in [2.24, 2.45) is 0 Å². The van der Waals surface area contributed by atoms with Crippen molar-refractivity contribution < 1.29 is 19.8 Å². The molecule has 1 fully saturated rings. The summed E-state index contributed by atoms with van der Waals surface area (Å²) >= 11 is 0. The molecule has 132 valence electrons. The molecule has 2 atom stereocenters. The first kappa shape index (κ1) is 16.6. The van der Waals surface area contributed by atoms with Crippen LogP contribution in [0.15, 0.2) is 30.6 Å². The van der Waals surface area contributed by atoms with E-state index in [1.807, 2.05) is 0 Å². The minimum absolute atomic E-state index is 0. The zero-order valence-corrected chi connectivity index (χ0v) is 13.6. The minimum atomic E-state index is -1.28. The second-order valence-electron chi connectivity index (χ2n) is 6.50. The van der Waals surface area contributed by atoms with Crippen molar-refractivity contribution in [1.29, 1.82) is 0 Å². The maximum atomic E-state index is 14.5. The van der Waals surface area contributed by atoms with E-state index in [0.29, 0.717) is 0 Å². The minimum Gasteiger partial charge on any atom is -0.328 e. The van der Waals surface area contributed by atoms with Gasteiger partial charge in [-0.05, 0) is 18.6 Å². The lowest BCUT2D eigenvalue weighted by atomic mass is 9.81. The molecule has 0 bridgehead atoms. The summed E-state index contributed by atoms with van der Waals surface area (Å²) in [6, 6.07) is 4.25. The van der Waals surface area contributed by atoms with Crippen LogP contribution in [0, 0.1) is 5.82 Å². The summed E-state index contributed by atoms with van der Waals surface area (Å²) in [7, 11) is 5.58. The molecular formula is C17H15BF2N4O2. The number of carbonyl (C=O) groups excluding carboxylic acids is 2. The highest BCUT2D eigenvalue weighted by Gasteiger charge is 2.62. The number of nitrogens with zero attached hydrogens (tertiary/aromatic N) is 3. The first-order chi connectivity index (χ1) is 12.4. The Morgan fingerprint density at radius 1 is 1.42 bits per heavy atom. The van der Waals surface area contributed by atoms with Gasteiger partial charge in [0, 0.05) is 31.5 Å². The van der Waals surface area contributed by atoms with Gasteiger partial charge < -0.3 is 4.90 Å². The maximum Gasteiger partial charge on any atom is 0.254 e. The van der Waals surface area contributed by atoms with Gasteiger partial charge in [0.05, 0.1) is 5.41 Å². The third kappa shape index (κ3) is 2.54. The van der Waals surface area contributed by atoms with E-state index in [1.165, 1.54) is 29.4 Å². The van der Waals surface area contributed by atoms with Crippen molar-refractivity contribution in [2.45, 2.75) is 18.0 Å². The number of benzene rings is 1. The van der Waals surface area contributed by atoms with Gasteiger partial charge >= 0.3 is 0 Å². The summed E-state index contributed by atoms with van der Waals surface area (Å²) in [5.41, 5.74) is -1.18. The normalized spacial score (nSPS) is 23.7. The van der Waals surface area contributed by atoms with Gasteiger partial charge in [-0.15, -0.1) is 0 Å². The number of amides is 2. The van der Waals surface area contributed by atoms with Crippen LogP contribution >= 0.6 is 0 Å². The number of nitrogens with one attached hydrogen (secondary N) is 1. The number of alkyl halides is 1. The highest BCUT2D eigenvalue weighted by atomic mass is 19.1. The fraction of sp³-hybridized carbons (Fsp3) is 0.294. The molecule has 1 aromatic carbocycles. The maximum absolute atomic E-state index is 14.5. The number of carbonyl (C=O) groups is 2. The van der Waals surface area contributed by atoms with Gasteiger partial charge in [0.2, 0.25) is 11.9 Å². The lowest BCUT2D eigenvalue weighted by Gasteiger charge is -2.34. The largest absolute Gasteiger partial charge is 0.328 e. The summed E-state index contributed by atoms with van der Waals surface area (Å²) in [5, 5.41) is 2.47. The molecule has 4 rings (SSSR count). The van der Waals surface area contributed by atoms with E-state index in [1.54, 1.807) is 6.07 Å². The third-order valence-corrected chi connectivity index (χ3v) is 4.79. The quantitative estimate of drug-likeness (QED) is 0.823. The van der Waals surface area contributed by atoms with Crippen molar-refractivity contribution in [3.8, 4) is 0 Å². The van der Waals surface area contributed by atoms with E-state index in [4.69, 9.17) is 7.85 Å². The summed E-state index contributed by atoms with van der Waals surface area (Å²) in [6.07, 6.45) is 1.73. The Morgan fingerprint density at radius 3 is 2.77 bits per heavy atom. The van der Waals surface area contributed by atoms with Crippen LogP contribution in [0.3, 0.4) is 0 Å². The van der Waals surface area contributed by atoms with Crippen molar-refractivity contribution in [3.05, 3.63) is 47.5 Å². The first-order valence-corrected chi connectivity index (χ1v) is 8.01. The smallest absolute Gasteiger partial charge is 0.254 e.